The van der Waals surface area contributed by atoms with Gasteiger partial charge in [-0.2, -0.15) is 13.2 Å². The Kier molecular flexibility index (Phi) is 5.07. The Labute approximate surface area is 173 Å². The van der Waals surface area contributed by atoms with Gasteiger partial charge in [-0.15, -0.1) is 11.3 Å². The molecule has 1 heterocycles. The average molecular weight is 430 g/mol. The molecule has 7 heteroatoms. The van der Waals surface area contributed by atoms with Gasteiger partial charge in [-0.3, -0.25) is 0 Å². The van der Waals surface area contributed by atoms with Gasteiger partial charge in [-0.1, -0.05) is 36.4 Å². The van der Waals surface area contributed by atoms with Crippen LogP contribution in [0.2, 0.25) is 0 Å². The zero-order valence-corrected chi connectivity index (χ0v) is 16.2. The molecule has 30 heavy (non-hydrogen) atoms. The van der Waals surface area contributed by atoms with Crippen molar-refractivity contribution in [2.45, 2.75) is 12.6 Å². The molecule has 0 atom stereocenters. The molecule has 0 aliphatic carbocycles. The van der Waals surface area contributed by atoms with Crippen molar-refractivity contribution in [3.05, 3.63) is 94.1 Å². The summed E-state index contributed by atoms with van der Waals surface area (Å²) < 4.78 is 54.2. The van der Waals surface area contributed by atoms with Crippen molar-refractivity contribution >= 4 is 27.4 Å². The van der Waals surface area contributed by atoms with E-state index in [1.807, 2.05) is 6.07 Å². The normalized spacial score (nSPS) is 11.7. The molecule has 0 spiro atoms. The van der Waals surface area contributed by atoms with Crippen molar-refractivity contribution in [1.29, 1.82) is 0 Å². The van der Waals surface area contributed by atoms with Crippen molar-refractivity contribution in [3.63, 3.8) is 0 Å². The fourth-order valence-corrected chi connectivity index (χ4v) is 4.60. The van der Waals surface area contributed by atoms with Crippen LogP contribution in [-0.4, -0.2) is 11.1 Å². The molecule has 0 bridgehead atoms. The lowest BCUT2D eigenvalue weighted by molar-refractivity contribution is -0.137. The lowest BCUT2D eigenvalue weighted by Crippen LogP contribution is -2.05. The summed E-state index contributed by atoms with van der Waals surface area (Å²) in [4.78, 5) is 12.1. The summed E-state index contributed by atoms with van der Waals surface area (Å²) in [5.74, 6) is -1.60. The number of carbonyl (C=O) groups is 1. The average Bonchev–Trinajstić information content (AvgIpc) is 3.09. The van der Waals surface area contributed by atoms with Crippen LogP contribution in [0.5, 0.6) is 0 Å². The zero-order chi connectivity index (χ0) is 21.5. The van der Waals surface area contributed by atoms with E-state index in [0.29, 0.717) is 15.8 Å². The van der Waals surface area contributed by atoms with E-state index in [1.54, 1.807) is 24.3 Å². The second-order valence-corrected chi connectivity index (χ2v) is 7.95. The van der Waals surface area contributed by atoms with Crippen LogP contribution in [-0.2, 0) is 12.6 Å². The molecule has 0 saturated heterocycles. The Morgan fingerprint density at radius 2 is 1.73 bits per heavy atom. The number of rotatable bonds is 4. The summed E-state index contributed by atoms with van der Waals surface area (Å²) in [5.41, 5.74) is 0.565. The smallest absolute Gasteiger partial charge is 0.416 e. The van der Waals surface area contributed by atoms with Crippen molar-refractivity contribution in [1.82, 2.24) is 0 Å². The van der Waals surface area contributed by atoms with Gasteiger partial charge in [0.1, 0.15) is 5.82 Å². The Balaban J connectivity index is 1.77. The number of hydrogen-bond acceptors (Lipinski definition) is 2. The maximum Gasteiger partial charge on any atom is 0.416 e. The minimum atomic E-state index is -4.42. The molecule has 0 radical (unpaired) electrons. The van der Waals surface area contributed by atoms with E-state index in [4.69, 9.17) is 0 Å². The first kappa shape index (κ1) is 20.1. The molecule has 152 valence electrons. The monoisotopic (exact) mass is 430 g/mol. The largest absolute Gasteiger partial charge is 0.478 e. The number of halogens is 4. The Morgan fingerprint density at radius 1 is 0.967 bits per heavy atom. The van der Waals surface area contributed by atoms with Gasteiger partial charge >= 0.3 is 12.1 Å². The van der Waals surface area contributed by atoms with Crippen LogP contribution in [0, 0.1) is 5.82 Å². The number of aromatic carboxylic acids is 1. The number of benzene rings is 3. The first-order valence-electron chi connectivity index (χ1n) is 8.93. The molecule has 2 nitrogen and oxygen atoms in total. The number of hydrogen-bond donors (Lipinski definition) is 1. The second kappa shape index (κ2) is 7.57. The standard InChI is InChI=1S/C23H14F4O2S/c24-19-8-7-15-12-18(10-13-3-1-6-17(9-13)23(25,26)27)30-21(15)20(19)14-4-2-5-16(11-14)22(28)29/h1-9,11-12H,10H2,(H,28,29). The Bertz CT molecular complexity index is 1260. The van der Waals surface area contributed by atoms with Gasteiger partial charge in [0.15, 0.2) is 0 Å². The van der Waals surface area contributed by atoms with Crippen LogP contribution in [0.15, 0.2) is 66.7 Å². The van der Waals surface area contributed by atoms with Crippen LogP contribution in [0.1, 0.15) is 26.4 Å². The predicted octanol–water partition coefficient (Wildman–Crippen LogP) is 7.02. The quantitative estimate of drug-likeness (QED) is 0.354. The van der Waals surface area contributed by atoms with Crippen LogP contribution in [0.25, 0.3) is 21.2 Å². The SMILES string of the molecule is O=C(O)c1cccc(-c2c(F)ccc3cc(Cc4cccc(C(F)(F)F)c4)sc23)c1. The molecule has 0 fully saturated rings. The highest BCUT2D eigenvalue weighted by atomic mass is 32.1. The first-order chi connectivity index (χ1) is 14.2. The molecule has 0 unspecified atom stereocenters. The highest BCUT2D eigenvalue weighted by Gasteiger charge is 2.30. The first-order valence-corrected chi connectivity index (χ1v) is 9.75. The fraction of sp³-hybridized carbons (Fsp3) is 0.0870. The molecular weight excluding hydrogens is 416 g/mol. The molecule has 4 aromatic rings. The van der Waals surface area contributed by atoms with Gasteiger partial charge in [-0.05, 0) is 46.8 Å². The van der Waals surface area contributed by atoms with Gasteiger partial charge in [0.25, 0.3) is 0 Å². The van der Waals surface area contributed by atoms with E-state index in [0.717, 1.165) is 22.4 Å². The van der Waals surface area contributed by atoms with Crippen molar-refractivity contribution < 1.29 is 27.5 Å². The van der Waals surface area contributed by atoms with Crippen LogP contribution < -0.4 is 0 Å². The summed E-state index contributed by atoms with van der Waals surface area (Å²) in [6.45, 7) is 0. The fourth-order valence-electron chi connectivity index (χ4n) is 3.36. The zero-order valence-electron chi connectivity index (χ0n) is 15.3. The van der Waals surface area contributed by atoms with E-state index in [1.165, 1.54) is 35.6 Å². The van der Waals surface area contributed by atoms with Gasteiger partial charge in [0.05, 0.1) is 11.1 Å². The van der Waals surface area contributed by atoms with E-state index in [-0.39, 0.29) is 17.5 Å². The third kappa shape index (κ3) is 3.93. The van der Waals surface area contributed by atoms with Crippen molar-refractivity contribution in [2.75, 3.05) is 0 Å². The van der Waals surface area contributed by atoms with Crippen LogP contribution >= 0.6 is 11.3 Å². The molecule has 3 aromatic carbocycles. The van der Waals surface area contributed by atoms with Gasteiger partial charge in [-0.25, -0.2) is 9.18 Å². The maximum absolute atomic E-state index is 14.7. The van der Waals surface area contributed by atoms with E-state index < -0.39 is 23.5 Å². The van der Waals surface area contributed by atoms with Crippen molar-refractivity contribution in [3.8, 4) is 11.1 Å². The third-order valence-electron chi connectivity index (χ3n) is 4.72. The molecule has 1 N–H and O–H groups in total. The molecule has 0 aliphatic rings. The van der Waals surface area contributed by atoms with Gasteiger partial charge < -0.3 is 5.11 Å². The molecule has 4 rings (SSSR count). The highest BCUT2D eigenvalue weighted by molar-refractivity contribution is 7.19. The third-order valence-corrected chi connectivity index (χ3v) is 5.89. The number of carboxylic acids is 1. The van der Waals surface area contributed by atoms with E-state index in [9.17, 15) is 27.5 Å². The molecule has 0 aliphatic heterocycles. The molecular formula is C23H14F4O2S. The second-order valence-electron chi connectivity index (χ2n) is 6.81. The number of thiophene rings is 1. The topological polar surface area (TPSA) is 37.3 Å². The Morgan fingerprint density at radius 3 is 2.47 bits per heavy atom. The molecule has 0 amide bonds. The molecule has 0 saturated carbocycles. The van der Waals surface area contributed by atoms with E-state index >= 15 is 0 Å². The number of alkyl halides is 3. The summed E-state index contributed by atoms with van der Waals surface area (Å²) >= 11 is 1.29. The highest BCUT2D eigenvalue weighted by Crippen LogP contribution is 2.38. The number of carboxylic acid groups (broad SMARTS) is 1. The minimum Gasteiger partial charge on any atom is -0.478 e. The minimum absolute atomic E-state index is 0.0460. The van der Waals surface area contributed by atoms with Crippen LogP contribution in [0.4, 0.5) is 17.6 Å². The maximum atomic E-state index is 14.7. The van der Waals surface area contributed by atoms with E-state index in [2.05, 4.69) is 0 Å². The summed E-state index contributed by atoms with van der Waals surface area (Å²) in [6.07, 6.45) is -4.14. The summed E-state index contributed by atoms with van der Waals surface area (Å²) in [5, 5.41) is 9.96. The summed E-state index contributed by atoms with van der Waals surface area (Å²) in [7, 11) is 0. The number of fused-ring (bicyclic) bond motifs is 1. The summed E-state index contributed by atoms with van der Waals surface area (Å²) in [6, 6.07) is 15.9. The Hall–Kier alpha value is -3.19. The van der Waals surface area contributed by atoms with Crippen molar-refractivity contribution in [2.24, 2.45) is 0 Å². The van der Waals surface area contributed by atoms with Gasteiger partial charge in [0.2, 0.25) is 0 Å². The predicted molar refractivity (Wildman–Crippen MR) is 108 cm³/mol. The van der Waals surface area contributed by atoms with Gasteiger partial charge in [0, 0.05) is 21.6 Å². The lowest BCUT2D eigenvalue weighted by atomic mass is 10.0. The van der Waals surface area contributed by atoms with Crippen LogP contribution in [0.3, 0.4) is 0 Å². The lowest BCUT2D eigenvalue weighted by Gasteiger charge is -2.08. The molecule has 1 aromatic heterocycles.